The molecule has 0 saturated carbocycles. The maximum atomic E-state index is 6.48. The van der Waals surface area contributed by atoms with E-state index in [4.69, 9.17) is 23.2 Å². The second-order valence-electron chi connectivity index (χ2n) is 4.00. The van der Waals surface area contributed by atoms with Gasteiger partial charge in [-0.15, -0.1) is 22.9 Å². The van der Waals surface area contributed by atoms with Crippen molar-refractivity contribution in [3.05, 3.63) is 54.6 Å². The molecular weight excluding hydrogens is 339 g/mol. The van der Waals surface area contributed by atoms with Crippen molar-refractivity contribution >= 4 is 50.5 Å². The van der Waals surface area contributed by atoms with Crippen LogP contribution in [0.4, 0.5) is 0 Å². The van der Waals surface area contributed by atoms with Gasteiger partial charge in [0.2, 0.25) is 0 Å². The Bertz CT molecular complexity index is 548. The Morgan fingerprint density at radius 1 is 1.18 bits per heavy atom. The second kappa shape index (κ2) is 5.31. The second-order valence-corrected chi connectivity index (χ2v) is 7.14. The van der Waals surface area contributed by atoms with Crippen molar-refractivity contribution in [2.45, 2.75) is 19.2 Å². The average molecular weight is 350 g/mol. The lowest BCUT2D eigenvalue weighted by Gasteiger charge is -2.13. The fourth-order valence-corrected chi connectivity index (χ4v) is 3.60. The molecular formula is C13H11BrCl2S. The van der Waals surface area contributed by atoms with Crippen LogP contribution in [0.1, 0.15) is 27.6 Å². The Kier molecular flexibility index (Phi) is 4.19. The van der Waals surface area contributed by atoms with Crippen LogP contribution < -0.4 is 0 Å². The highest BCUT2D eigenvalue weighted by Gasteiger charge is 2.16. The summed E-state index contributed by atoms with van der Waals surface area (Å²) in [5.41, 5.74) is 4.45. The summed E-state index contributed by atoms with van der Waals surface area (Å²) < 4.78 is 1.08. The van der Waals surface area contributed by atoms with Crippen molar-refractivity contribution in [1.29, 1.82) is 0 Å². The number of thiophene rings is 1. The van der Waals surface area contributed by atoms with E-state index in [1.54, 1.807) is 11.3 Å². The Morgan fingerprint density at radius 2 is 1.82 bits per heavy atom. The summed E-state index contributed by atoms with van der Waals surface area (Å²) in [4.78, 5) is 0. The van der Waals surface area contributed by atoms with Gasteiger partial charge in [-0.2, -0.15) is 0 Å². The third-order valence-corrected chi connectivity index (χ3v) is 5.10. The smallest absolute Gasteiger partial charge is 0.0858 e. The minimum absolute atomic E-state index is 0.190. The third kappa shape index (κ3) is 2.87. The Hall–Kier alpha value is -0.0200. The van der Waals surface area contributed by atoms with Gasteiger partial charge in [-0.3, -0.25) is 0 Å². The first-order chi connectivity index (χ1) is 7.99. The average Bonchev–Trinajstić information content (AvgIpc) is 2.69. The van der Waals surface area contributed by atoms with Gasteiger partial charge in [0, 0.05) is 5.02 Å². The molecule has 0 N–H and O–H groups in total. The van der Waals surface area contributed by atoms with Crippen molar-refractivity contribution in [2.75, 3.05) is 0 Å². The summed E-state index contributed by atoms with van der Waals surface area (Å²) in [5.74, 6) is 0. The van der Waals surface area contributed by atoms with E-state index in [1.807, 2.05) is 17.5 Å². The Balaban J connectivity index is 2.43. The predicted octanol–water partition coefficient (Wildman–Crippen LogP) is 6.11. The molecule has 4 heteroatoms. The molecule has 0 bridgehead atoms. The highest BCUT2D eigenvalue weighted by Crippen LogP contribution is 2.37. The first-order valence-electron chi connectivity index (χ1n) is 5.13. The van der Waals surface area contributed by atoms with Gasteiger partial charge in [0.05, 0.1) is 9.16 Å². The van der Waals surface area contributed by atoms with E-state index in [0.29, 0.717) is 0 Å². The molecule has 0 saturated heterocycles. The summed E-state index contributed by atoms with van der Waals surface area (Å²) >= 11 is 17.8. The summed E-state index contributed by atoms with van der Waals surface area (Å²) in [7, 11) is 0. The number of hydrogen-bond acceptors (Lipinski definition) is 1. The van der Waals surface area contributed by atoms with Gasteiger partial charge in [-0.25, -0.2) is 0 Å². The first kappa shape index (κ1) is 13.4. The lowest BCUT2D eigenvalue weighted by Crippen LogP contribution is -1.95. The largest absolute Gasteiger partial charge is 0.136 e. The molecule has 0 amide bonds. The summed E-state index contributed by atoms with van der Waals surface area (Å²) in [5, 5.41) is 2.59. The van der Waals surface area contributed by atoms with Crippen LogP contribution in [-0.4, -0.2) is 0 Å². The zero-order valence-electron chi connectivity index (χ0n) is 9.43. The minimum atomic E-state index is -0.190. The quantitative estimate of drug-likeness (QED) is 0.574. The van der Waals surface area contributed by atoms with Crippen LogP contribution in [0.2, 0.25) is 5.02 Å². The van der Waals surface area contributed by atoms with E-state index < -0.39 is 0 Å². The molecule has 1 unspecified atom stereocenters. The molecule has 90 valence electrons. The minimum Gasteiger partial charge on any atom is -0.136 e. The Morgan fingerprint density at radius 3 is 2.41 bits per heavy atom. The molecule has 1 aromatic carbocycles. The van der Waals surface area contributed by atoms with E-state index in [9.17, 15) is 0 Å². The van der Waals surface area contributed by atoms with Crippen LogP contribution in [0.5, 0.6) is 0 Å². The van der Waals surface area contributed by atoms with Gasteiger partial charge in [0.15, 0.2) is 0 Å². The molecule has 0 fully saturated rings. The lowest BCUT2D eigenvalue weighted by molar-refractivity contribution is 1.13. The van der Waals surface area contributed by atoms with Crippen molar-refractivity contribution in [3.63, 3.8) is 0 Å². The number of alkyl halides is 1. The maximum absolute atomic E-state index is 6.48. The maximum Gasteiger partial charge on any atom is 0.0858 e. The zero-order chi connectivity index (χ0) is 12.6. The Labute approximate surface area is 124 Å². The van der Waals surface area contributed by atoms with Crippen molar-refractivity contribution in [3.8, 4) is 0 Å². The summed E-state index contributed by atoms with van der Waals surface area (Å²) in [6.07, 6.45) is 0. The number of hydrogen-bond donors (Lipinski definition) is 0. The monoisotopic (exact) mass is 348 g/mol. The lowest BCUT2D eigenvalue weighted by atomic mass is 10.0. The van der Waals surface area contributed by atoms with Crippen LogP contribution in [-0.2, 0) is 0 Å². The van der Waals surface area contributed by atoms with E-state index >= 15 is 0 Å². The van der Waals surface area contributed by atoms with E-state index in [2.05, 4.69) is 35.8 Å². The van der Waals surface area contributed by atoms with E-state index in [0.717, 1.165) is 19.9 Å². The SMILES string of the molecule is Cc1cc(Cl)c(C(Cl)c2csc(Br)c2)cc1C. The topological polar surface area (TPSA) is 0 Å². The van der Waals surface area contributed by atoms with Crippen molar-refractivity contribution in [2.24, 2.45) is 0 Å². The zero-order valence-corrected chi connectivity index (χ0v) is 13.3. The van der Waals surface area contributed by atoms with Crippen LogP contribution in [0, 0.1) is 13.8 Å². The third-order valence-electron chi connectivity index (χ3n) is 2.77. The molecule has 2 rings (SSSR count). The van der Waals surface area contributed by atoms with Crippen LogP contribution in [0.25, 0.3) is 0 Å². The first-order valence-corrected chi connectivity index (χ1v) is 7.62. The molecule has 0 aliphatic rings. The fraction of sp³-hybridized carbons (Fsp3) is 0.231. The van der Waals surface area contributed by atoms with Crippen LogP contribution in [0.15, 0.2) is 27.4 Å². The van der Waals surface area contributed by atoms with Crippen LogP contribution >= 0.6 is 50.5 Å². The van der Waals surface area contributed by atoms with Gasteiger partial charge in [-0.05, 0) is 69.5 Å². The summed E-state index contributed by atoms with van der Waals surface area (Å²) in [6.45, 7) is 4.12. The van der Waals surface area contributed by atoms with Crippen LogP contribution in [0.3, 0.4) is 0 Å². The highest BCUT2D eigenvalue weighted by atomic mass is 79.9. The van der Waals surface area contributed by atoms with E-state index in [1.165, 1.54) is 11.1 Å². The van der Waals surface area contributed by atoms with Crippen molar-refractivity contribution in [1.82, 2.24) is 0 Å². The molecule has 0 aliphatic heterocycles. The highest BCUT2D eigenvalue weighted by molar-refractivity contribution is 9.11. The van der Waals surface area contributed by atoms with Gasteiger partial charge in [0.25, 0.3) is 0 Å². The predicted molar refractivity (Wildman–Crippen MR) is 80.6 cm³/mol. The normalized spacial score (nSPS) is 12.8. The number of rotatable bonds is 2. The molecule has 2 aromatic rings. The van der Waals surface area contributed by atoms with E-state index in [-0.39, 0.29) is 5.38 Å². The van der Waals surface area contributed by atoms with Gasteiger partial charge < -0.3 is 0 Å². The number of aryl methyl sites for hydroxylation is 2. The van der Waals surface area contributed by atoms with Crippen molar-refractivity contribution < 1.29 is 0 Å². The summed E-state index contributed by atoms with van der Waals surface area (Å²) in [6, 6.07) is 6.08. The van der Waals surface area contributed by atoms with Gasteiger partial charge in [0.1, 0.15) is 0 Å². The molecule has 17 heavy (non-hydrogen) atoms. The molecule has 0 aliphatic carbocycles. The van der Waals surface area contributed by atoms with Gasteiger partial charge >= 0.3 is 0 Å². The van der Waals surface area contributed by atoms with Gasteiger partial charge in [-0.1, -0.05) is 17.7 Å². The fourth-order valence-electron chi connectivity index (χ4n) is 1.63. The molecule has 1 aromatic heterocycles. The molecule has 1 atom stereocenters. The molecule has 1 heterocycles. The number of benzene rings is 1. The molecule has 0 radical (unpaired) electrons. The molecule has 0 nitrogen and oxygen atoms in total. The standard InChI is InChI=1S/C13H11BrCl2S/c1-7-3-10(11(15)4-8(7)2)13(16)9-5-12(14)17-6-9/h3-6,13H,1-2H3. The number of halogens is 3. The molecule has 0 spiro atoms.